The zero-order chi connectivity index (χ0) is 10.6. The molecule has 0 amide bonds. The summed E-state index contributed by atoms with van der Waals surface area (Å²) in [5.41, 5.74) is 1.31. The van der Waals surface area contributed by atoms with Gasteiger partial charge in [-0.2, -0.15) is 0 Å². The quantitative estimate of drug-likeness (QED) is 0.782. The highest BCUT2D eigenvalue weighted by molar-refractivity contribution is 5.37. The maximum Gasteiger partial charge on any atom is 0.126 e. The summed E-state index contributed by atoms with van der Waals surface area (Å²) < 4.78 is 13.4. The molecule has 78 valence electrons. The molecule has 0 saturated heterocycles. The number of aryl methyl sites for hydroxylation is 2. The summed E-state index contributed by atoms with van der Waals surface area (Å²) in [6, 6.07) is 3.00. The Balaban J connectivity index is 2.90. The van der Waals surface area contributed by atoms with Gasteiger partial charge < -0.3 is 5.11 Å². The van der Waals surface area contributed by atoms with Crippen LogP contribution in [0.1, 0.15) is 37.8 Å². The van der Waals surface area contributed by atoms with E-state index in [2.05, 4.69) is 6.92 Å². The van der Waals surface area contributed by atoms with Gasteiger partial charge in [-0.3, -0.25) is 0 Å². The van der Waals surface area contributed by atoms with Gasteiger partial charge in [-0.1, -0.05) is 20.3 Å². The van der Waals surface area contributed by atoms with Crippen LogP contribution in [0.5, 0.6) is 5.75 Å². The number of hydrogen-bond acceptors (Lipinski definition) is 1. The number of unbranched alkanes of at least 4 members (excludes halogenated alkanes) is 1. The molecule has 0 unspecified atom stereocenters. The van der Waals surface area contributed by atoms with Crippen molar-refractivity contribution in [3.05, 3.63) is 29.1 Å². The van der Waals surface area contributed by atoms with Gasteiger partial charge in [-0.15, -0.1) is 0 Å². The minimum Gasteiger partial charge on any atom is -0.508 e. The molecule has 0 spiro atoms. The summed E-state index contributed by atoms with van der Waals surface area (Å²) in [5, 5.41) is 9.55. The van der Waals surface area contributed by atoms with Crippen molar-refractivity contribution in [1.29, 1.82) is 0 Å². The van der Waals surface area contributed by atoms with E-state index in [1.807, 2.05) is 6.92 Å². The molecule has 0 radical (unpaired) electrons. The van der Waals surface area contributed by atoms with Crippen LogP contribution in [0.3, 0.4) is 0 Å². The molecular formula is C12H17FO. The Morgan fingerprint density at radius 1 is 1.21 bits per heavy atom. The van der Waals surface area contributed by atoms with Crippen molar-refractivity contribution < 1.29 is 9.50 Å². The summed E-state index contributed by atoms with van der Waals surface area (Å²) in [6.45, 7) is 3.97. The number of phenolic OH excluding ortho intramolecular Hbond substituents is 1. The Morgan fingerprint density at radius 2 is 1.93 bits per heavy atom. The fraction of sp³-hybridized carbons (Fsp3) is 0.500. The van der Waals surface area contributed by atoms with Crippen LogP contribution in [0.2, 0.25) is 0 Å². The van der Waals surface area contributed by atoms with Crippen LogP contribution in [0.15, 0.2) is 12.1 Å². The van der Waals surface area contributed by atoms with E-state index in [0.717, 1.165) is 12.8 Å². The van der Waals surface area contributed by atoms with Crippen molar-refractivity contribution in [1.82, 2.24) is 0 Å². The Bertz CT molecular complexity index is 307. The predicted molar refractivity (Wildman–Crippen MR) is 56.1 cm³/mol. The highest BCUT2D eigenvalue weighted by Crippen LogP contribution is 2.23. The van der Waals surface area contributed by atoms with E-state index in [4.69, 9.17) is 0 Å². The second-order valence-electron chi connectivity index (χ2n) is 3.53. The number of aromatic hydroxyl groups is 1. The maximum absolute atomic E-state index is 13.4. The molecule has 1 aromatic carbocycles. The van der Waals surface area contributed by atoms with E-state index in [0.29, 0.717) is 24.0 Å². The van der Waals surface area contributed by atoms with Gasteiger partial charge in [0.15, 0.2) is 0 Å². The summed E-state index contributed by atoms with van der Waals surface area (Å²) in [5.74, 6) is 0.0353. The first-order valence-corrected chi connectivity index (χ1v) is 5.19. The minimum absolute atomic E-state index is 0.187. The Kier molecular flexibility index (Phi) is 3.93. The third-order valence-electron chi connectivity index (χ3n) is 2.43. The van der Waals surface area contributed by atoms with E-state index in [-0.39, 0.29) is 11.6 Å². The lowest BCUT2D eigenvalue weighted by molar-refractivity contribution is 0.464. The maximum atomic E-state index is 13.4. The van der Waals surface area contributed by atoms with Gasteiger partial charge >= 0.3 is 0 Å². The zero-order valence-electron chi connectivity index (χ0n) is 8.81. The highest BCUT2D eigenvalue weighted by Gasteiger charge is 2.07. The van der Waals surface area contributed by atoms with Crippen LogP contribution >= 0.6 is 0 Å². The minimum atomic E-state index is -0.187. The van der Waals surface area contributed by atoms with Crippen LogP contribution < -0.4 is 0 Å². The van der Waals surface area contributed by atoms with E-state index in [9.17, 15) is 9.50 Å². The molecule has 0 aliphatic rings. The Labute approximate surface area is 84.6 Å². The molecule has 1 aromatic rings. The average molecular weight is 196 g/mol. The first kappa shape index (κ1) is 11.0. The molecule has 0 saturated carbocycles. The van der Waals surface area contributed by atoms with E-state index < -0.39 is 0 Å². The molecule has 1 rings (SSSR count). The average Bonchev–Trinajstić information content (AvgIpc) is 2.18. The van der Waals surface area contributed by atoms with Crippen LogP contribution in [0, 0.1) is 5.82 Å². The molecular weight excluding hydrogens is 179 g/mol. The number of rotatable bonds is 4. The molecule has 1 nitrogen and oxygen atoms in total. The van der Waals surface area contributed by atoms with E-state index in [1.165, 1.54) is 6.07 Å². The van der Waals surface area contributed by atoms with Crippen molar-refractivity contribution in [2.45, 2.75) is 39.5 Å². The first-order chi connectivity index (χ1) is 6.69. The summed E-state index contributed by atoms with van der Waals surface area (Å²) in [6.07, 6.45) is 3.37. The topological polar surface area (TPSA) is 20.2 Å². The van der Waals surface area contributed by atoms with Crippen molar-refractivity contribution in [2.24, 2.45) is 0 Å². The third kappa shape index (κ3) is 2.47. The van der Waals surface area contributed by atoms with Gasteiger partial charge in [0.1, 0.15) is 11.6 Å². The fourth-order valence-electron chi connectivity index (χ4n) is 1.49. The van der Waals surface area contributed by atoms with E-state index >= 15 is 0 Å². The van der Waals surface area contributed by atoms with Gasteiger partial charge in [-0.05, 0) is 42.5 Å². The van der Waals surface area contributed by atoms with Crippen LogP contribution in [-0.2, 0) is 12.8 Å². The summed E-state index contributed by atoms with van der Waals surface area (Å²) >= 11 is 0. The monoisotopic (exact) mass is 196 g/mol. The second kappa shape index (κ2) is 4.99. The standard InChI is InChI=1S/C12H17FO/c1-3-5-6-10-8-12(14)9(4-2)7-11(10)13/h7-8,14H,3-6H2,1-2H3. The molecule has 2 heteroatoms. The largest absolute Gasteiger partial charge is 0.508 e. The fourth-order valence-corrected chi connectivity index (χ4v) is 1.49. The Hall–Kier alpha value is -1.05. The first-order valence-electron chi connectivity index (χ1n) is 5.19. The van der Waals surface area contributed by atoms with Gasteiger partial charge in [0.2, 0.25) is 0 Å². The van der Waals surface area contributed by atoms with Gasteiger partial charge in [0.25, 0.3) is 0 Å². The molecule has 0 aliphatic carbocycles. The molecule has 0 bridgehead atoms. The summed E-state index contributed by atoms with van der Waals surface area (Å²) in [4.78, 5) is 0. The lowest BCUT2D eigenvalue weighted by Crippen LogP contribution is -1.93. The third-order valence-corrected chi connectivity index (χ3v) is 2.43. The summed E-state index contributed by atoms with van der Waals surface area (Å²) in [7, 11) is 0. The van der Waals surface area contributed by atoms with Crippen molar-refractivity contribution in [3.8, 4) is 5.75 Å². The normalized spacial score (nSPS) is 10.5. The smallest absolute Gasteiger partial charge is 0.126 e. The van der Waals surface area contributed by atoms with Gasteiger partial charge in [-0.25, -0.2) is 4.39 Å². The molecule has 0 heterocycles. The van der Waals surface area contributed by atoms with Crippen molar-refractivity contribution >= 4 is 0 Å². The van der Waals surface area contributed by atoms with Gasteiger partial charge in [0, 0.05) is 0 Å². The number of benzene rings is 1. The van der Waals surface area contributed by atoms with Crippen LogP contribution in [-0.4, -0.2) is 5.11 Å². The highest BCUT2D eigenvalue weighted by atomic mass is 19.1. The van der Waals surface area contributed by atoms with E-state index in [1.54, 1.807) is 6.07 Å². The van der Waals surface area contributed by atoms with Gasteiger partial charge in [0.05, 0.1) is 0 Å². The predicted octanol–water partition coefficient (Wildman–Crippen LogP) is 3.44. The molecule has 14 heavy (non-hydrogen) atoms. The van der Waals surface area contributed by atoms with Crippen molar-refractivity contribution in [2.75, 3.05) is 0 Å². The zero-order valence-corrected chi connectivity index (χ0v) is 8.81. The molecule has 0 atom stereocenters. The van der Waals surface area contributed by atoms with Crippen molar-refractivity contribution in [3.63, 3.8) is 0 Å². The number of halogens is 1. The molecule has 0 fully saturated rings. The number of phenols is 1. The lowest BCUT2D eigenvalue weighted by atomic mass is 10.0. The molecule has 0 aliphatic heterocycles. The SMILES string of the molecule is CCCCc1cc(O)c(CC)cc1F. The Morgan fingerprint density at radius 3 is 2.50 bits per heavy atom. The van der Waals surface area contributed by atoms with Crippen LogP contribution in [0.4, 0.5) is 4.39 Å². The molecule has 0 aromatic heterocycles. The second-order valence-corrected chi connectivity index (χ2v) is 3.53. The molecule has 1 N–H and O–H groups in total. The van der Waals surface area contributed by atoms with Crippen LogP contribution in [0.25, 0.3) is 0 Å². The number of hydrogen-bond donors (Lipinski definition) is 1. The lowest BCUT2D eigenvalue weighted by Gasteiger charge is -2.07.